The van der Waals surface area contributed by atoms with Crippen LogP contribution in [-0.2, 0) is 20.1 Å². The van der Waals surface area contributed by atoms with Gasteiger partial charge in [0.1, 0.15) is 0 Å². The van der Waals surface area contributed by atoms with Crippen molar-refractivity contribution < 1.29 is 0 Å². The summed E-state index contributed by atoms with van der Waals surface area (Å²) >= 11 is 0. The van der Waals surface area contributed by atoms with E-state index in [1.54, 1.807) is 0 Å². The fraction of sp³-hybridized carbons (Fsp3) is 0.565. The summed E-state index contributed by atoms with van der Waals surface area (Å²) in [5.41, 5.74) is 6.30. The van der Waals surface area contributed by atoms with Gasteiger partial charge in [0.2, 0.25) is 0 Å². The van der Waals surface area contributed by atoms with E-state index in [0.29, 0.717) is 12.6 Å². The lowest BCUT2D eigenvalue weighted by Crippen LogP contribution is -2.48. The number of nitrogens with one attached hydrogen (secondary N) is 2. The summed E-state index contributed by atoms with van der Waals surface area (Å²) in [6, 6.07) is 9.18. The number of hydrogen-bond donors (Lipinski definition) is 2. The van der Waals surface area contributed by atoms with Gasteiger partial charge < -0.3 is 10.6 Å². The molecule has 0 radical (unpaired) electrons. The first-order valence-corrected chi connectivity index (χ1v) is 10.8. The predicted molar refractivity (Wildman–Crippen MR) is 120 cm³/mol. The minimum Gasteiger partial charge on any atom is -0.357 e. The van der Waals surface area contributed by atoms with E-state index in [4.69, 9.17) is 4.99 Å². The number of likely N-dealkylation sites (tertiary alicyclic amines) is 1. The van der Waals surface area contributed by atoms with Crippen LogP contribution in [0.3, 0.4) is 0 Å². The zero-order chi connectivity index (χ0) is 20.8. The number of guanidine groups is 1. The summed E-state index contributed by atoms with van der Waals surface area (Å²) in [5, 5.41) is 11.6. The molecule has 1 aromatic carbocycles. The Hall–Kier alpha value is -2.34. The summed E-state index contributed by atoms with van der Waals surface area (Å²) in [4.78, 5) is 7.40. The molecule has 0 aliphatic carbocycles. The van der Waals surface area contributed by atoms with Gasteiger partial charge in [-0.25, -0.2) is 4.99 Å². The fourth-order valence-corrected chi connectivity index (χ4v) is 3.98. The molecule has 1 aromatic heterocycles. The number of aliphatic imine (C=N–C) groups is 1. The largest absolute Gasteiger partial charge is 0.357 e. The van der Waals surface area contributed by atoms with E-state index >= 15 is 0 Å². The summed E-state index contributed by atoms with van der Waals surface area (Å²) in [5.74, 6) is 0.910. The number of piperidine rings is 1. The van der Waals surface area contributed by atoms with E-state index in [1.165, 1.54) is 22.4 Å². The zero-order valence-electron chi connectivity index (χ0n) is 18.6. The number of nitrogens with zero attached hydrogens (tertiary/aromatic N) is 4. The Morgan fingerprint density at radius 3 is 2.52 bits per heavy atom. The average Bonchev–Trinajstić information content (AvgIpc) is 2.95. The van der Waals surface area contributed by atoms with Gasteiger partial charge >= 0.3 is 0 Å². The van der Waals surface area contributed by atoms with E-state index < -0.39 is 0 Å². The van der Waals surface area contributed by atoms with Crippen LogP contribution in [0.25, 0.3) is 0 Å². The van der Waals surface area contributed by atoms with Gasteiger partial charge in [-0.1, -0.05) is 24.3 Å². The second kappa shape index (κ2) is 9.92. The molecule has 0 saturated carbocycles. The lowest BCUT2D eigenvalue weighted by molar-refractivity contribution is 0.198. The van der Waals surface area contributed by atoms with E-state index in [1.807, 2.05) is 11.7 Å². The Bertz CT molecular complexity index is 830. The number of benzene rings is 1. The predicted octanol–water partition coefficient (Wildman–Crippen LogP) is 3.07. The van der Waals surface area contributed by atoms with E-state index in [2.05, 4.69) is 72.6 Å². The topological polar surface area (TPSA) is 57.5 Å². The molecule has 1 aliphatic heterocycles. The highest BCUT2D eigenvalue weighted by Crippen LogP contribution is 2.16. The molecule has 0 spiro atoms. The summed E-state index contributed by atoms with van der Waals surface area (Å²) in [6.07, 6.45) is 2.28. The number of aromatic nitrogens is 2. The smallest absolute Gasteiger partial charge is 0.191 e. The van der Waals surface area contributed by atoms with E-state index in [-0.39, 0.29) is 0 Å². The van der Waals surface area contributed by atoms with Crippen LogP contribution >= 0.6 is 0 Å². The van der Waals surface area contributed by atoms with Crippen LogP contribution in [0.4, 0.5) is 0 Å². The third-order valence-electron chi connectivity index (χ3n) is 5.98. The molecule has 3 rings (SSSR count). The average molecular weight is 397 g/mol. The lowest BCUT2D eigenvalue weighted by Gasteiger charge is -2.33. The Morgan fingerprint density at radius 1 is 1.17 bits per heavy atom. The minimum atomic E-state index is 0.469. The van der Waals surface area contributed by atoms with E-state index in [9.17, 15) is 0 Å². The quantitative estimate of drug-likeness (QED) is 0.582. The normalized spacial score (nSPS) is 16.2. The van der Waals surface area contributed by atoms with Gasteiger partial charge in [-0.2, -0.15) is 5.10 Å². The van der Waals surface area contributed by atoms with Crippen LogP contribution in [0, 0.1) is 20.8 Å². The maximum Gasteiger partial charge on any atom is 0.191 e. The van der Waals surface area contributed by atoms with Crippen molar-refractivity contribution in [3.8, 4) is 0 Å². The van der Waals surface area contributed by atoms with Crippen LogP contribution in [0.15, 0.2) is 29.3 Å². The highest BCUT2D eigenvalue weighted by molar-refractivity contribution is 5.80. The molecule has 1 saturated heterocycles. The first-order valence-electron chi connectivity index (χ1n) is 10.8. The molecule has 0 atom stereocenters. The molecule has 2 heterocycles. The first kappa shape index (κ1) is 21.4. The Kier molecular flexibility index (Phi) is 7.31. The number of aryl methyl sites for hydroxylation is 3. The first-order chi connectivity index (χ1) is 14.0. The molecule has 1 fully saturated rings. The highest BCUT2D eigenvalue weighted by atomic mass is 15.3. The van der Waals surface area contributed by atoms with Crippen molar-refractivity contribution >= 4 is 5.96 Å². The summed E-state index contributed by atoms with van der Waals surface area (Å²) in [6.45, 7) is 13.3. The Balaban J connectivity index is 1.54. The SMILES string of the molecule is CCNC(=NCc1c(C)nn(C)c1C)NC1CCN(Cc2ccccc2C)CC1. The second-order valence-corrected chi connectivity index (χ2v) is 8.09. The summed E-state index contributed by atoms with van der Waals surface area (Å²) in [7, 11) is 1.99. The molecular formula is C23H36N6. The number of hydrogen-bond acceptors (Lipinski definition) is 3. The molecule has 0 bridgehead atoms. The molecule has 2 N–H and O–H groups in total. The monoisotopic (exact) mass is 396 g/mol. The van der Waals surface area contributed by atoms with Gasteiger partial charge in [-0.05, 0) is 51.7 Å². The van der Waals surface area contributed by atoms with E-state index in [0.717, 1.165) is 50.7 Å². The standard InChI is InChI=1S/C23H36N6/c1-6-24-23(25-15-22-18(3)27-28(5)19(22)4)26-21-11-13-29(14-12-21)16-20-10-8-7-9-17(20)2/h7-10,21H,6,11-16H2,1-5H3,(H2,24,25,26). The molecule has 6 heteroatoms. The maximum atomic E-state index is 4.84. The van der Waals surface area contributed by atoms with Crippen molar-refractivity contribution in [1.82, 2.24) is 25.3 Å². The van der Waals surface area contributed by atoms with Crippen molar-refractivity contribution in [2.24, 2.45) is 12.0 Å². The van der Waals surface area contributed by atoms with Crippen LogP contribution in [-0.4, -0.2) is 46.3 Å². The van der Waals surface area contributed by atoms with Gasteiger partial charge in [-0.15, -0.1) is 0 Å². The number of rotatable bonds is 6. The van der Waals surface area contributed by atoms with Gasteiger partial charge in [0.05, 0.1) is 12.2 Å². The third kappa shape index (κ3) is 5.60. The summed E-state index contributed by atoms with van der Waals surface area (Å²) < 4.78 is 1.94. The Morgan fingerprint density at radius 2 is 1.90 bits per heavy atom. The molecular weight excluding hydrogens is 360 g/mol. The van der Waals surface area contributed by atoms with Crippen LogP contribution in [0.5, 0.6) is 0 Å². The molecule has 0 amide bonds. The van der Waals surface area contributed by atoms with Gasteiger partial charge in [0.15, 0.2) is 5.96 Å². The molecule has 2 aromatic rings. The van der Waals surface area contributed by atoms with Crippen molar-refractivity contribution in [2.45, 2.75) is 59.7 Å². The van der Waals surface area contributed by atoms with Crippen molar-refractivity contribution in [3.05, 3.63) is 52.3 Å². The minimum absolute atomic E-state index is 0.469. The van der Waals surface area contributed by atoms with Gasteiger partial charge in [0.25, 0.3) is 0 Å². The lowest BCUT2D eigenvalue weighted by atomic mass is 10.0. The molecule has 158 valence electrons. The Labute approximate surface area is 175 Å². The van der Waals surface area contributed by atoms with Gasteiger partial charge in [-0.3, -0.25) is 9.58 Å². The second-order valence-electron chi connectivity index (χ2n) is 8.09. The van der Waals surface area contributed by atoms with Crippen molar-refractivity contribution in [1.29, 1.82) is 0 Å². The van der Waals surface area contributed by atoms with Crippen LogP contribution < -0.4 is 10.6 Å². The third-order valence-corrected chi connectivity index (χ3v) is 5.98. The zero-order valence-corrected chi connectivity index (χ0v) is 18.6. The molecule has 0 unspecified atom stereocenters. The maximum absolute atomic E-state index is 4.84. The van der Waals surface area contributed by atoms with Crippen LogP contribution in [0.2, 0.25) is 0 Å². The highest BCUT2D eigenvalue weighted by Gasteiger charge is 2.20. The fourth-order valence-electron chi connectivity index (χ4n) is 3.98. The van der Waals surface area contributed by atoms with Crippen molar-refractivity contribution in [2.75, 3.05) is 19.6 Å². The van der Waals surface area contributed by atoms with Crippen molar-refractivity contribution in [3.63, 3.8) is 0 Å². The molecule has 29 heavy (non-hydrogen) atoms. The van der Waals surface area contributed by atoms with Gasteiger partial charge in [0, 0.05) is 50.5 Å². The van der Waals surface area contributed by atoms with Crippen LogP contribution in [0.1, 0.15) is 47.8 Å². The molecule has 1 aliphatic rings. The molecule has 6 nitrogen and oxygen atoms in total.